The Balaban J connectivity index is 0. The van der Waals surface area contributed by atoms with Gasteiger partial charge in [-0.3, -0.25) is 4.79 Å². The molecule has 32 valence electrons. The average molecular weight is 131 g/mol. The van der Waals surface area contributed by atoms with Gasteiger partial charge in [0.2, 0.25) is 4.45 Å². The van der Waals surface area contributed by atoms with Crippen molar-refractivity contribution in [3.05, 3.63) is 0 Å². The summed E-state index contributed by atoms with van der Waals surface area (Å²) in [4.78, 5) is 9.17. The van der Waals surface area contributed by atoms with E-state index < -0.39 is 4.45 Å². The van der Waals surface area contributed by atoms with Crippen LogP contribution in [0.15, 0.2) is 0 Å². The van der Waals surface area contributed by atoms with Crippen LogP contribution in [0.5, 0.6) is 0 Å². The van der Waals surface area contributed by atoms with Crippen LogP contribution in [0.3, 0.4) is 0 Å². The lowest BCUT2D eigenvalue weighted by Crippen LogP contribution is -1.47. The van der Waals surface area contributed by atoms with Crippen molar-refractivity contribution >= 4 is 42.1 Å². The maximum atomic E-state index is 9.17. The molecule has 0 bridgehead atoms. The number of hydrogen-bond donors (Lipinski definition) is 2. The Kier molecular flexibility index (Phi) is 8.55. The molecule has 0 saturated heterocycles. The summed E-state index contributed by atoms with van der Waals surface area (Å²) in [6.07, 6.45) is 0. The minimum absolute atomic E-state index is 0. The van der Waals surface area contributed by atoms with E-state index >= 15 is 0 Å². The van der Waals surface area contributed by atoms with Gasteiger partial charge in [0, 0.05) is 0 Å². The van der Waals surface area contributed by atoms with Gasteiger partial charge in [0.1, 0.15) is 0 Å². The Morgan fingerprint density at radius 3 is 1.40 bits per heavy atom. The van der Waals surface area contributed by atoms with Crippen molar-refractivity contribution in [2.75, 3.05) is 0 Å². The summed E-state index contributed by atoms with van der Waals surface area (Å²) in [5, 5.41) is 0. The van der Waals surface area contributed by atoms with Crippen LogP contribution in [-0.2, 0) is 0 Å². The van der Waals surface area contributed by atoms with Crippen molar-refractivity contribution in [3.63, 3.8) is 0 Å². The fourth-order valence-corrected chi connectivity index (χ4v) is 0. The van der Waals surface area contributed by atoms with Crippen molar-refractivity contribution in [1.82, 2.24) is 0 Å². The second kappa shape index (κ2) is 4.66. The molecule has 0 spiro atoms. The maximum Gasteiger partial charge on any atom is 0.239 e. The smallest absolute Gasteiger partial charge is 0.239 e. The van der Waals surface area contributed by atoms with Crippen LogP contribution in [-0.4, -0.2) is 4.45 Å². The van der Waals surface area contributed by atoms with Crippen LogP contribution in [0, 0.1) is 0 Å². The van der Waals surface area contributed by atoms with E-state index in [4.69, 9.17) is 0 Å². The Labute approximate surface area is 47.4 Å². The highest BCUT2D eigenvalue weighted by molar-refractivity contribution is 8.23. The highest BCUT2D eigenvalue weighted by atomic mass is 35.5. The van der Waals surface area contributed by atoms with Gasteiger partial charge < -0.3 is 0 Å². The summed E-state index contributed by atoms with van der Waals surface area (Å²) in [7, 11) is 0. The Hall–Kier alpha value is 0.660. The van der Waals surface area contributed by atoms with Gasteiger partial charge in [0.25, 0.3) is 0 Å². The van der Waals surface area contributed by atoms with Crippen LogP contribution in [0.25, 0.3) is 0 Å². The zero-order chi connectivity index (χ0) is 3.58. The van der Waals surface area contributed by atoms with Gasteiger partial charge in [-0.05, 0) is 0 Å². The van der Waals surface area contributed by atoms with Crippen LogP contribution in [0.2, 0.25) is 0 Å². The molecule has 0 amide bonds. The molecule has 5 heavy (non-hydrogen) atoms. The summed E-state index contributed by atoms with van der Waals surface area (Å²) in [6, 6.07) is 0. The first kappa shape index (κ1) is 9.18. The molecule has 0 rings (SSSR count). The molecule has 0 N–H and O–H groups in total. The standard InChI is InChI=1S/CH2OS2.ClH/c2-1(3)4;/h(H2,2,3,4);1H. The van der Waals surface area contributed by atoms with Gasteiger partial charge in [-0.2, -0.15) is 0 Å². The highest BCUT2D eigenvalue weighted by Gasteiger charge is 1.65. The van der Waals surface area contributed by atoms with E-state index in [2.05, 4.69) is 25.3 Å². The lowest BCUT2D eigenvalue weighted by atomic mass is 11.8. The van der Waals surface area contributed by atoms with E-state index in [0.29, 0.717) is 0 Å². The minimum Gasteiger partial charge on any atom is -0.275 e. The van der Waals surface area contributed by atoms with Gasteiger partial charge in [0.05, 0.1) is 0 Å². The minimum atomic E-state index is -0.444. The maximum absolute atomic E-state index is 9.17. The molecule has 0 fully saturated rings. The fourth-order valence-electron chi connectivity index (χ4n) is 0. The number of halogens is 1. The Morgan fingerprint density at radius 2 is 1.40 bits per heavy atom. The van der Waals surface area contributed by atoms with Crippen molar-refractivity contribution in [1.29, 1.82) is 0 Å². The number of rotatable bonds is 0. The van der Waals surface area contributed by atoms with E-state index in [1.807, 2.05) is 0 Å². The molecule has 0 aliphatic rings. The predicted octanol–water partition coefficient (Wildman–Crippen LogP) is 1.39. The molecule has 0 aliphatic heterocycles. The monoisotopic (exact) mass is 130 g/mol. The zero-order valence-electron chi connectivity index (χ0n) is 2.21. The summed E-state index contributed by atoms with van der Waals surface area (Å²) < 4.78 is -0.444. The third-order valence-corrected chi connectivity index (χ3v) is 0. The van der Waals surface area contributed by atoms with E-state index in [-0.39, 0.29) is 12.4 Å². The SMILES string of the molecule is Cl.O=C(S)S. The molecule has 0 unspecified atom stereocenters. The predicted molar refractivity (Wildman–Crippen MR) is 30.6 cm³/mol. The fraction of sp³-hybridized carbons (Fsp3) is 0. The molecule has 0 aromatic carbocycles. The summed E-state index contributed by atoms with van der Waals surface area (Å²) in [5.41, 5.74) is 0. The van der Waals surface area contributed by atoms with Gasteiger partial charge in [-0.25, -0.2) is 0 Å². The Bertz CT molecular complexity index is 32.6. The van der Waals surface area contributed by atoms with Crippen molar-refractivity contribution in [3.8, 4) is 0 Å². The molecule has 4 heteroatoms. The molecule has 0 radical (unpaired) electrons. The molecule has 0 aromatic heterocycles. The average Bonchev–Trinajstić information content (AvgIpc) is 0.811. The zero-order valence-corrected chi connectivity index (χ0v) is 4.82. The molecule has 0 atom stereocenters. The van der Waals surface area contributed by atoms with E-state index in [1.165, 1.54) is 0 Å². The Morgan fingerprint density at radius 1 is 1.40 bits per heavy atom. The van der Waals surface area contributed by atoms with Gasteiger partial charge in [-0.1, -0.05) is 25.3 Å². The highest BCUT2D eigenvalue weighted by Crippen LogP contribution is 1.81. The molecular weight excluding hydrogens is 128 g/mol. The second-order valence-corrected chi connectivity index (χ2v) is 1.45. The lowest BCUT2D eigenvalue weighted by molar-refractivity contribution is 0.277. The van der Waals surface area contributed by atoms with Crippen molar-refractivity contribution in [2.45, 2.75) is 0 Å². The van der Waals surface area contributed by atoms with Crippen LogP contribution in [0.1, 0.15) is 0 Å². The number of carbonyl (C=O) groups excluding carboxylic acids is 1. The quantitative estimate of drug-likeness (QED) is 0.474. The third kappa shape index (κ3) is 75.7. The summed E-state index contributed by atoms with van der Waals surface area (Å²) in [5.74, 6) is 0. The summed E-state index contributed by atoms with van der Waals surface area (Å²) >= 11 is 6.38. The third-order valence-electron chi connectivity index (χ3n) is 0. The number of carbonyl (C=O) groups is 1. The first-order valence-electron chi connectivity index (χ1n) is 0.651. The number of thiol groups is 2. The van der Waals surface area contributed by atoms with E-state index in [0.717, 1.165) is 0 Å². The van der Waals surface area contributed by atoms with Crippen molar-refractivity contribution in [2.24, 2.45) is 0 Å². The topological polar surface area (TPSA) is 17.1 Å². The normalized spacial score (nSPS) is 5.20. The van der Waals surface area contributed by atoms with Gasteiger partial charge in [-0.15, -0.1) is 12.4 Å². The molecule has 1 nitrogen and oxygen atoms in total. The molecular formula is CH3ClOS2. The number of hydrogen-bond acceptors (Lipinski definition) is 1. The van der Waals surface area contributed by atoms with Crippen molar-refractivity contribution < 1.29 is 4.79 Å². The van der Waals surface area contributed by atoms with E-state index in [1.54, 1.807) is 0 Å². The van der Waals surface area contributed by atoms with Gasteiger partial charge in [0.15, 0.2) is 0 Å². The summed E-state index contributed by atoms with van der Waals surface area (Å²) in [6.45, 7) is 0. The molecule has 0 heterocycles. The van der Waals surface area contributed by atoms with E-state index in [9.17, 15) is 4.79 Å². The largest absolute Gasteiger partial charge is 0.275 e. The van der Waals surface area contributed by atoms with Gasteiger partial charge >= 0.3 is 0 Å². The second-order valence-electron chi connectivity index (χ2n) is 0.283. The first-order valence-corrected chi connectivity index (χ1v) is 1.55. The van der Waals surface area contributed by atoms with Crippen LogP contribution < -0.4 is 0 Å². The van der Waals surface area contributed by atoms with Crippen LogP contribution in [0.4, 0.5) is 4.79 Å². The van der Waals surface area contributed by atoms with Crippen LogP contribution >= 0.6 is 37.7 Å². The molecule has 0 saturated carbocycles. The molecule has 0 aromatic rings. The lowest BCUT2D eigenvalue weighted by Gasteiger charge is -1.54. The first-order chi connectivity index (χ1) is 1.73. The molecule has 0 aliphatic carbocycles.